The van der Waals surface area contributed by atoms with Crippen LogP contribution in [0.4, 0.5) is 18.9 Å². The third-order valence-electron chi connectivity index (χ3n) is 5.12. The average Bonchev–Trinajstić information content (AvgIpc) is 3.30. The van der Waals surface area contributed by atoms with E-state index in [4.69, 9.17) is 14.6 Å². The molecule has 0 fully saturated rings. The Morgan fingerprint density at radius 1 is 1.15 bits per heavy atom. The van der Waals surface area contributed by atoms with Gasteiger partial charge in [0.2, 0.25) is 0 Å². The molecule has 1 amide bonds. The van der Waals surface area contributed by atoms with Gasteiger partial charge in [-0.3, -0.25) is 9.78 Å². The number of amides is 1. The minimum Gasteiger partial charge on any atom is -0.475 e. The maximum absolute atomic E-state index is 13.0. The molecule has 0 unspecified atom stereocenters. The Balaban J connectivity index is 0.000000406. The maximum atomic E-state index is 13.0. The highest BCUT2D eigenvalue weighted by Crippen LogP contribution is 2.31. The number of carbonyl (C=O) groups excluding carboxylic acids is 1. The first-order valence-electron chi connectivity index (χ1n) is 10.1. The maximum Gasteiger partial charge on any atom is 0.490 e. The van der Waals surface area contributed by atoms with Crippen LogP contribution < -0.4 is 5.32 Å². The molecule has 0 spiro atoms. The van der Waals surface area contributed by atoms with Gasteiger partial charge in [-0.05, 0) is 31.2 Å². The number of hydrogen-bond donors (Lipinski definition) is 2. The van der Waals surface area contributed by atoms with Gasteiger partial charge in [-0.2, -0.15) is 13.2 Å². The number of alkyl halides is 3. The number of hydrogen-bond acceptors (Lipinski definition) is 4. The van der Waals surface area contributed by atoms with E-state index in [-0.39, 0.29) is 5.91 Å². The smallest absolute Gasteiger partial charge is 0.475 e. The fourth-order valence-corrected chi connectivity index (χ4v) is 3.51. The summed E-state index contributed by atoms with van der Waals surface area (Å²) in [6, 6.07) is 13.9. The number of pyridine rings is 1. The van der Waals surface area contributed by atoms with Crippen molar-refractivity contribution < 1.29 is 32.6 Å². The number of carboxylic acid groups (broad SMARTS) is 1. The van der Waals surface area contributed by atoms with E-state index in [1.807, 2.05) is 48.9 Å². The fraction of sp³-hybridized carbons (Fsp3) is 0.261. The van der Waals surface area contributed by atoms with Crippen LogP contribution >= 0.6 is 0 Å². The number of rotatable bonds is 5. The summed E-state index contributed by atoms with van der Waals surface area (Å²) in [6.45, 7) is 3.04. The zero-order valence-electron chi connectivity index (χ0n) is 18.7. The molecule has 34 heavy (non-hydrogen) atoms. The van der Waals surface area contributed by atoms with Gasteiger partial charge in [0.25, 0.3) is 5.91 Å². The Bertz CT molecular complexity index is 1320. The van der Waals surface area contributed by atoms with Crippen LogP contribution in [0.5, 0.6) is 0 Å². The third kappa shape index (κ3) is 5.20. The number of aliphatic carboxylic acids is 1. The Morgan fingerprint density at radius 2 is 1.82 bits per heavy atom. The van der Waals surface area contributed by atoms with E-state index in [1.54, 1.807) is 13.3 Å². The first kappa shape index (κ1) is 24.8. The topological polar surface area (TPSA) is 98.4 Å². The molecule has 11 heteroatoms. The number of ether oxygens (including phenoxy) is 1. The largest absolute Gasteiger partial charge is 0.490 e. The summed E-state index contributed by atoms with van der Waals surface area (Å²) < 4.78 is 41.2. The summed E-state index contributed by atoms with van der Waals surface area (Å²) in [4.78, 5) is 26.1. The summed E-state index contributed by atoms with van der Waals surface area (Å²) in [7, 11) is 3.69. The molecule has 2 N–H and O–H groups in total. The molecule has 0 bridgehead atoms. The molecule has 180 valence electrons. The number of nitrogens with one attached hydrogen (secondary N) is 1. The molecule has 4 rings (SSSR count). The van der Waals surface area contributed by atoms with Crippen molar-refractivity contribution in [3.8, 4) is 0 Å². The van der Waals surface area contributed by atoms with Crippen molar-refractivity contribution in [3.05, 3.63) is 60.0 Å². The molecule has 0 atom stereocenters. The lowest BCUT2D eigenvalue weighted by atomic mass is 10.2. The SMILES string of the molecule is COCCn1c(C(=O)Nc2ccc(C)nc2)cc2c1c1ccccc1n2C.O=C(O)C(F)(F)F. The molecule has 0 aliphatic carbocycles. The van der Waals surface area contributed by atoms with E-state index in [2.05, 4.69) is 27.0 Å². The molecular formula is C23H23F3N4O4. The van der Waals surface area contributed by atoms with Gasteiger partial charge in [0.05, 0.1) is 35.0 Å². The van der Waals surface area contributed by atoms with E-state index in [0.717, 1.165) is 27.6 Å². The summed E-state index contributed by atoms with van der Waals surface area (Å²) >= 11 is 0. The Hall–Kier alpha value is -3.86. The van der Waals surface area contributed by atoms with Crippen LogP contribution in [-0.2, 0) is 23.1 Å². The minimum atomic E-state index is -5.08. The quantitative estimate of drug-likeness (QED) is 0.446. The molecule has 0 saturated heterocycles. The lowest BCUT2D eigenvalue weighted by Crippen LogP contribution is -2.21. The average molecular weight is 476 g/mol. The number of nitrogens with zero attached hydrogens (tertiary/aromatic N) is 3. The Labute approximate surface area is 192 Å². The molecule has 8 nitrogen and oxygen atoms in total. The summed E-state index contributed by atoms with van der Waals surface area (Å²) in [5.41, 5.74) is 5.42. The molecule has 4 aromatic rings. The lowest BCUT2D eigenvalue weighted by molar-refractivity contribution is -0.192. The van der Waals surface area contributed by atoms with Gasteiger partial charge >= 0.3 is 12.1 Å². The van der Waals surface area contributed by atoms with E-state index < -0.39 is 12.1 Å². The highest BCUT2D eigenvalue weighted by molar-refractivity contribution is 6.12. The van der Waals surface area contributed by atoms with Crippen LogP contribution in [-0.4, -0.2) is 51.0 Å². The van der Waals surface area contributed by atoms with Crippen molar-refractivity contribution in [2.24, 2.45) is 7.05 Å². The first-order valence-corrected chi connectivity index (χ1v) is 10.1. The fourth-order valence-electron chi connectivity index (χ4n) is 3.51. The second kappa shape index (κ2) is 9.96. The van der Waals surface area contributed by atoms with Gasteiger partial charge in [0, 0.05) is 31.8 Å². The number of aromatic nitrogens is 3. The van der Waals surface area contributed by atoms with E-state index >= 15 is 0 Å². The van der Waals surface area contributed by atoms with Crippen LogP contribution in [0.3, 0.4) is 0 Å². The second-order valence-corrected chi connectivity index (χ2v) is 7.43. The molecule has 3 heterocycles. The van der Waals surface area contributed by atoms with Gasteiger partial charge in [-0.15, -0.1) is 0 Å². The molecule has 0 radical (unpaired) electrons. The Kier molecular flexibility index (Phi) is 7.26. The number of benzene rings is 1. The van der Waals surface area contributed by atoms with Crippen molar-refractivity contribution in [3.63, 3.8) is 0 Å². The number of aryl methyl sites for hydroxylation is 2. The lowest BCUT2D eigenvalue weighted by Gasteiger charge is -2.11. The number of fused-ring (bicyclic) bond motifs is 3. The van der Waals surface area contributed by atoms with E-state index in [0.29, 0.717) is 24.5 Å². The third-order valence-corrected chi connectivity index (χ3v) is 5.12. The summed E-state index contributed by atoms with van der Waals surface area (Å²) in [5.74, 6) is -2.91. The van der Waals surface area contributed by atoms with Crippen molar-refractivity contribution in [2.45, 2.75) is 19.6 Å². The predicted molar refractivity (Wildman–Crippen MR) is 121 cm³/mol. The molecule has 0 aliphatic rings. The van der Waals surface area contributed by atoms with Crippen molar-refractivity contribution in [1.82, 2.24) is 14.1 Å². The van der Waals surface area contributed by atoms with Gasteiger partial charge < -0.3 is 24.3 Å². The molecule has 1 aromatic carbocycles. The monoisotopic (exact) mass is 476 g/mol. The minimum absolute atomic E-state index is 0.156. The summed E-state index contributed by atoms with van der Waals surface area (Å²) in [6.07, 6.45) is -3.41. The highest BCUT2D eigenvalue weighted by atomic mass is 19.4. The highest BCUT2D eigenvalue weighted by Gasteiger charge is 2.38. The summed E-state index contributed by atoms with van der Waals surface area (Å²) in [5, 5.41) is 11.2. The van der Waals surface area contributed by atoms with Crippen LogP contribution in [0, 0.1) is 6.92 Å². The molecular weight excluding hydrogens is 453 g/mol. The zero-order valence-corrected chi connectivity index (χ0v) is 18.7. The van der Waals surface area contributed by atoms with E-state index in [9.17, 15) is 18.0 Å². The van der Waals surface area contributed by atoms with Gasteiger partial charge in [-0.25, -0.2) is 4.79 Å². The number of methoxy groups -OCH3 is 1. The zero-order chi connectivity index (χ0) is 25.0. The van der Waals surface area contributed by atoms with E-state index in [1.165, 1.54) is 0 Å². The van der Waals surface area contributed by atoms with Gasteiger partial charge in [-0.1, -0.05) is 18.2 Å². The first-order chi connectivity index (χ1) is 16.0. The number of anilines is 1. The number of para-hydroxylation sites is 1. The van der Waals surface area contributed by atoms with Crippen LogP contribution in [0.2, 0.25) is 0 Å². The molecule has 0 saturated carbocycles. The standard InChI is InChI=1S/C21H22N4O2.C2HF3O2/c1-14-8-9-15(13-22-14)23-21(26)19-12-18-20(25(19)10-11-27-3)16-6-4-5-7-17(16)24(18)2;3-2(4,5)1(6)7/h4-9,12-13H,10-11H2,1-3H3,(H,23,26);(H,6,7). The van der Waals surface area contributed by atoms with Crippen LogP contribution in [0.25, 0.3) is 21.9 Å². The number of carboxylic acids is 1. The van der Waals surface area contributed by atoms with Crippen LogP contribution in [0.1, 0.15) is 16.2 Å². The van der Waals surface area contributed by atoms with Crippen LogP contribution in [0.15, 0.2) is 48.7 Å². The van der Waals surface area contributed by atoms with Crippen molar-refractivity contribution in [1.29, 1.82) is 0 Å². The normalized spacial score (nSPS) is 11.4. The molecule has 3 aromatic heterocycles. The number of halogens is 3. The van der Waals surface area contributed by atoms with Crippen molar-refractivity contribution in [2.75, 3.05) is 19.0 Å². The molecule has 0 aliphatic heterocycles. The van der Waals surface area contributed by atoms with Gasteiger partial charge in [0.1, 0.15) is 5.69 Å². The van der Waals surface area contributed by atoms with Gasteiger partial charge in [0.15, 0.2) is 0 Å². The second-order valence-electron chi connectivity index (χ2n) is 7.43. The predicted octanol–water partition coefficient (Wildman–Crippen LogP) is 4.37. The number of carbonyl (C=O) groups is 2. The Morgan fingerprint density at radius 3 is 2.41 bits per heavy atom. The van der Waals surface area contributed by atoms with Crippen molar-refractivity contribution >= 4 is 39.5 Å².